The van der Waals surface area contributed by atoms with Crippen LogP contribution in [0.3, 0.4) is 0 Å². The first-order valence-electron chi connectivity index (χ1n) is 13.2. The van der Waals surface area contributed by atoms with Crippen LogP contribution >= 0.6 is 11.6 Å². The van der Waals surface area contributed by atoms with Crippen molar-refractivity contribution >= 4 is 23.9 Å². The number of nitrogens with zero attached hydrogens (tertiary/aromatic N) is 2. The molecule has 5 heteroatoms. The van der Waals surface area contributed by atoms with Crippen molar-refractivity contribution in [1.82, 2.24) is 15.5 Å². The number of allylic oxidation sites excluding steroid dienone is 2. The van der Waals surface area contributed by atoms with Crippen molar-refractivity contribution in [3.63, 3.8) is 0 Å². The van der Waals surface area contributed by atoms with Gasteiger partial charge in [-0.05, 0) is 94.4 Å². The summed E-state index contributed by atoms with van der Waals surface area (Å²) in [6.07, 6.45) is 18.1. The van der Waals surface area contributed by atoms with Gasteiger partial charge in [-0.3, -0.25) is 4.99 Å². The molecule has 190 valence electrons. The van der Waals surface area contributed by atoms with E-state index in [1.54, 1.807) is 0 Å². The Hall–Kier alpha value is -2.30. The predicted molar refractivity (Wildman–Crippen MR) is 153 cm³/mol. The van der Waals surface area contributed by atoms with E-state index in [0.29, 0.717) is 11.8 Å². The summed E-state index contributed by atoms with van der Waals surface area (Å²) in [5, 5.41) is 7.97. The second-order valence-corrected chi connectivity index (χ2v) is 10.2. The first-order chi connectivity index (χ1) is 17.0. The number of hydrogen-bond donors (Lipinski definition) is 2. The summed E-state index contributed by atoms with van der Waals surface area (Å²) in [5.41, 5.74) is 5.42. The van der Waals surface area contributed by atoms with Gasteiger partial charge in [0, 0.05) is 36.1 Å². The topological polar surface area (TPSA) is 39.7 Å². The average Bonchev–Trinajstić information content (AvgIpc) is 2.86. The van der Waals surface area contributed by atoms with Crippen LogP contribution in [0.1, 0.15) is 69.9 Å². The van der Waals surface area contributed by atoms with Gasteiger partial charge < -0.3 is 15.5 Å². The fourth-order valence-electron chi connectivity index (χ4n) is 5.45. The van der Waals surface area contributed by atoms with Gasteiger partial charge in [0.1, 0.15) is 0 Å². The van der Waals surface area contributed by atoms with Crippen LogP contribution in [0, 0.1) is 5.92 Å². The van der Waals surface area contributed by atoms with Crippen LogP contribution in [-0.4, -0.2) is 43.3 Å². The maximum Gasteiger partial charge on any atom is 0.0536 e. The highest BCUT2D eigenvalue weighted by molar-refractivity contribution is 6.30. The number of halogens is 1. The van der Waals surface area contributed by atoms with Crippen LogP contribution in [0.2, 0.25) is 5.02 Å². The van der Waals surface area contributed by atoms with Crippen molar-refractivity contribution in [2.75, 3.05) is 26.2 Å². The Labute approximate surface area is 217 Å². The van der Waals surface area contributed by atoms with E-state index in [2.05, 4.69) is 84.4 Å². The predicted octanol–water partition coefficient (Wildman–Crippen LogP) is 6.92. The molecule has 2 N–H and O–H groups in total. The maximum atomic E-state index is 6.54. The van der Waals surface area contributed by atoms with Gasteiger partial charge in [0.15, 0.2) is 0 Å². The Bertz CT molecular complexity index is 940. The van der Waals surface area contributed by atoms with Crippen LogP contribution in [-0.2, 0) is 0 Å². The maximum absolute atomic E-state index is 6.54. The molecule has 0 spiro atoms. The Morgan fingerprint density at radius 2 is 2.11 bits per heavy atom. The lowest BCUT2D eigenvalue weighted by atomic mass is 9.72. The van der Waals surface area contributed by atoms with Crippen LogP contribution in [0.5, 0.6) is 0 Å². The molecule has 35 heavy (non-hydrogen) atoms. The minimum atomic E-state index is 0.219. The second kappa shape index (κ2) is 14.3. The summed E-state index contributed by atoms with van der Waals surface area (Å²) < 4.78 is 0. The van der Waals surface area contributed by atoms with E-state index >= 15 is 0 Å². The van der Waals surface area contributed by atoms with Crippen molar-refractivity contribution in [2.45, 2.75) is 64.8 Å². The van der Waals surface area contributed by atoms with E-state index in [0.717, 1.165) is 50.5 Å². The smallest absolute Gasteiger partial charge is 0.0536 e. The van der Waals surface area contributed by atoms with E-state index in [-0.39, 0.29) is 6.04 Å². The van der Waals surface area contributed by atoms with E-state index in [9.17, 15) is 0 Å². The minimum Gasteiger partial charge on any atom is -0.384 e. The molecule has 2 atom stereocenters. The van der Waals surface area contributed by atoms with E-state index in [4.69, 9.17) is 11.6 Å². The molecule has 2 unspecified atom stereocenters. The van der Waals surface area contributed by atoms with E-state index in [1.165, 1.54) is 35.1 Å². The van der Waals surface area contributed by atoms with Crippen LogP contribution in [0.15, 0.2) is 65.6 Å². The lowest BCUT2D eigenvalue weighted by Crippen LogP contribution is -2.41. The Balaban J connectivity index is 1.90. The monoisotopic (exact) mass is 494 g/mol. The molecule has 0 amide bonds. The van der Waals surface area contributed by atoms with E-state index < -0.39 is 0 Å². The van der Waals surface area contributed by atoms with Gasteiger partial charge in [-0.1, -0.05) is 54.5 Å². The highest BCUT2D eigenvalue weighted by atomic mass is 35.5. The molecule has 4 nitrogen and oxygen atoms in total. The fourth-order valence-corrected chi connectivity index (χ4v) is 5.63. The fraction of sp³-hybridized carbons (Fsp3) is 0.500. The molecule has 3 rings (SSSR count). The van der Waals surface area contributed by atoms with Gasteiger partial charge in [0.05, 0.1) is 12.6 Å². The van der Waals surface area contributed by atoms with Gasteiger partial charge in [-0.15, -0.1) is 0 Å². The molecule has 2 aliphatic rings. The summed E-state index contributed by atoms with van der Waals surface area (Å²) in [4.78, 5) is 6.47. The molecule has 0 aliphatic carbocycles. The van der Waals surface area contributed by atoms with Crippen molar-refractivity contribution < 1.29 is 0 Å². The summed E-state index contributed by atoms with van der Waals surface area (Å²) >= 11 is 6.54. The van der Waals surface area contributed by atoms with Gasteiger partial charge >= 0.3 is 0 Å². The number of benzene rings is 1. The zero-order chi connectivity index (χ0) is 25.0. The lowest BCUT2D eigenvalue weighted by molar-refractivity contribution is 0.288. The molecule has 0 bridgehead atoms. The first-order valence-corrected chi connectivity index (χ1v) is 13.5. The highest BCUT2D eigenvalue weighted by Gasteiger charge is 2.33. The summed E-state index contributed by atoms with van der Waals surface area (Å²) in [5.74, 6) is 0.946. The summed E-state index contributed by atoms with van der Waals surface area (Å²) in [7, 11) is 0. The number of nitrogens with one attached hydrogen (secondary N) is 2. The zero-order valence-corrected chi connectivity index (χ0v) is 22.5. The molecule has 1 aromatic rings. The zero-order valence-electron chi connectivity index (χ0n) is 21.8. The molecule has 2 heterocycles. The largest absolute Gasteiger partial charge is 0.384 e. The first kappa shape index (κ1) is 27.3. The quantitative estimate of drug-likeness (QED) is 0.310. The highest BCUT2D eigenvalue weighted by Crippen LogP contribution is 2.39. The number of hydrogen-bond acceptors (Lipinski definition) is 4. The van der Waals surface area contributed by atoms with E-state index in [1.807, 2.05) is 18.6 Å². The van der Waals surface area contributed by atoms with Crippen LogP contribution < -0.4 is 10.6 Å². The number of rotatable bonds is 12. The average molecular weight is 495 g/mol. The Morgan fingerprint density at radius 1 is 1.31 bits per heavy atom. The van der Waals surface area contributed by atoms with Crippen molar-refractivity contribution in [2.24, 2.45) is 10.9 Å². The third-order valence-corrected chi connectivity index (χ3v) is 7.41. The second-order valence-electron chi connectivity index (χ2n) is 9.81. The van der Waals surface area contributed by atoms with Crippen molar-refractivity contribution in [3.05, 3.63) is 76.7 Å². The molecular weight excluding hydrogens is 452 g/mol. The molecular formula is C30H43ClN4. The minimum absolute atomic E-state index is 0.219. The molecule has 0 radical (unpaired) electrons. The van der Waals surface area contributed by atoms with Gasteiger partial charge in [-0.2, -0.15) is 0 Å². The van der Waals surface area contributed by atoms with Crippen LogP contribution in [0.4, 0.5) is 0 Å². The third-order valence-electron chi connectivity index (χ3n) is 7.18. The molecule has 1 saturated heterocycles. The summed E-state index contributed by atoms with van der Waals surface area (Å²) in [6.45, 7) is 14.8. The van der Waals surface area contributed by atoms with Crippen molar-refractivity contribution in [3.8, 4) is 0 Å². The summed E-state index contributed by atoms with van der Waals surface area (Å²) in [6, 6.07) is 6.70. The molecule has 2 aliphatic heterocycles. The molecule has 0 aromatic heterocycles. The van der Waals surface area contributed by atoms with Crippen molar-refractivity contribution in [1.29, 1.82) is 0 Å². The SMILES string of the molecule is C=CNC(/C(C)=C\CC)C(c1ccc(Cl)cc1/C=C(\C)CCCN1C=CN=CC1)C1CCNCC1. The number of aliphatic imine (C=N–C) groups is 1. The van der Waals surface area contributed by atoms with Crippen LogP contribution in [0.25, 0.3) is 6.08 Å². The third kappa shape index (κ3) is 8.12. The Morgan fingerprint density at radius 3 is 2.80 bits per heavy atom. The molecule has 1 fully saturated rings. The molecule has 0 saturated carbocycles. The van der Waals surface area contributed by atoms with Gasteiger partial charge in [0.2, 0.25) is 0 Å². The normalized spacial score (nSPS) is 19.0. The standard InChI is InChI=1S/C30H43ClN4/c1-5-8-24(4)30(34-6-2)29(25-12-14-32-15-13-25)28-11-10-27(31)22-26(28)21-23(3)9-7-18-35-19-16-33-17-20-35/h6,8,10-11,16-17,19,21-22,25,29-30,32,34H,2,5,7,9,12-15,18,20H2,1,3-4H3/b23-21+,24-8-. The van der Waals surface area contributed by atoms with Gasteiger partial charge in [-0.25, -0.2) is 0 Å². The molecule has 1 aromatic carbocycles. The Kier molecular flexibility index (Phi) is 11.2. The number of piperidine rings is 1. The van der Waals surface area contributed by atoms with Gasteiger partial charge in [0.25, 0.3) is 0 Å². The lowest BCUT2D eigenvalue weighted by Gasteiger charge is -2.38.